The molecule has 0 radical (unpaired) electrons. The second-order valence-electron chi connectivity index (χ2n) is 14.1. The Balaban J connectivity index is 1.04. The van der Waals surface area contributed by atoms with Crippen LogP contribution in [0.25, 0.3) is 0 Å². The Labute approximate surface area is 310 Å². The van der Waals surface area contributed by atoms with E-state index >= 15 is 0 Å². The molecule has 1 unspecified atom stereocenters. The lowest BCUT2D eigenvalue weighted by Gasteiger charge is -2.45. The van der Waals surface area contributed by atoms with Gasteiger partial charge < -0.3 is 31.9 Å². The maximum Gasteiger partial charge on any atom is 0.330 e. The molecule has 0 bridgehead atoms. The number of hydrogen-bond donors (Lipinski definition) is 5. The van der Waals surface area contributed by atoms with Crippen molar-refractivity contribution >= 4 is 47.5 Å². The van der Waals surface area contributed by atoms with Gasteiger partial charge >= 0.3 is 24.0 Å². The Bertz CT molecular complexity index is 1920. The highest BCUT2D eigenvalue weighted by Crippen LogP contribution is 2.35. The first-order valence-electron chi connectivity index (χ1n) is 17.8. The van der Waals surface area contributed by atoms with Crippen LogP contribution in [0.15, 0.2) is 61.2 Å². The first-order valence-corrected chi connectivity index (χ1v) is 17.8. The highest BCUT2D eigenvalue weighted by molar-refractivity contribution is 6.08. The summed E-state index contributed by atoms with van der Waals surface area (Å²) in [6.07, 6.45) is 7.94. The van der Waals surface area contributed by atoms with E-state index in [1.807, 2.05) is 0 Å². The number of urea groups is 2. The number of aliphatic carboxylic acids is 1. The van der Waals surface area contributed by atoms with Gasteiger partial charge in [-0.2, -0.15) is 0 Å². The minimum atomic E-state index is -1.33. The average Bonchev–Trinajstić information content (AvgIpc) is 3.14. The molecule has 1 aliphatic carbocycles. The fourth-order valence-electron chi connectivity index (χ4n) is 7.54. The lowest BCUT2D eigenvalue weighted by atomic mass is 9.81. The van der Waals surface area contributed by atoms with Crippen LogP contribution < -0.4 is 22.1 Å². The van der Waals surface area contributed by atoms with Crippen LogP contribution in [0.5, 0.6) is 0 Å². The number of carboxylic acids is 1. The van der Waals surface area contributed by atoms with E-state index in [2.05, 4.69) is 25.6 Å². The summed E-state index contributed by atoms with van der Waals surface area (Å²) in [6.45, 7) is 3.53. The van der Waals surface area contributed by atoms with Gasteiger partial charge in [-0.1, -0.05) is 6.07 Å². The monoisotopic (exact) mass is 741 g/mol. The highest BCUT2D eigenvalue weighted by atomic mass is 16.5. The molecule has 0 aromatic carbocycles. The number of anilines is 2. The molecule has 3 aromatic heterocycles. The number of rotatable bonds is 11. The summed E-state index contributed by atoms with van der Waals surface area (Å²) < 4.78 is 5.92. The minimum absolute atomic E-state index is 0.0504. The van der Waals surface area contributed by atoms with Crippen molar-refractivity contribution in [1.82, 2.24) is 35.4 Å². The van der Waals surface area contributed by atoms with Crippen LogP contribution in [0, 0.1) is 17.8 Å². The molecule has 0 spiro atoms. The van der Waals surface area contributed by atoms with E-state index in [-0.39, 0.29) is 30.4 Å². The zero-order chi connectivity index (χ0) is 38.7. The standard InChI is InChI=1S/C37H43N9O8/c1-19(43-36(52)45-30(34(49)50)26(32(45)47)14-21-9-12-41-28(38)16-21)23-5-7-25(8-6-23)54-35(51)31-27(15-22-10-13-42-29(39)17-22)33(48)46(31)37(53)44-20(2)24-4-3-11-40-18-24/h3-4,9-13,16-20,23,25-27,30-31H,5-8,14-15H2,1-2H3,(H2,38,41)(H2,39,42)(H,43,52)(H,44,53)(H,49,50)/t19-,20?,23?,25?,26-,27-,30+,31+/m1/s1. The van der Waals surface area contributed by atoms with Crippen molar-refractivity contribution < 1.29 is 38.6 Å². The first-order chi connectivity index (χ1) is 25.8. The summed E-state index contributed by atoms with van der Waals surface area (Å²) in [7, 11) is 0. The molecule has 17 nitrogen and oxygen atoms in total. The molecule has 3 aromatic rings. The quantitative estimate of drug-likeness (QED) is 0.140. The first kappa shape index (κ1) is 37.6. The minimum Gasteiger partial charge on any atom is -0.480 e. The third-order valence-corrected chi connectivity index (χ3v) is 10.5. The molecule has 3 aliphatic rings. The molecule has 6 rings (SSSR count). The van der Waals surface area contributed by atoms with Crippen molar-refractivity contribution in [2.24, 2.45) is 17.8 Å². The van der Waals surface area contributed by atoms with Crippen molar-refractivity contribution in [2.45, 2.75) is 82.6 Å². The molecular formula is C37H43N9O8. The van der Waals surface area contributed by atoms with Gasteiger partial charge in [0.05, 0.1) is 17.9 Å². The number of nitrogens with one attached hydrogen (secondary N) is 2. The van der Waals surface area contributed by atoms with E-state index in [1.165, 1.54) is 12.4 Å². The Hall–Kier alpha value is -6.13. The van der Waals surface area contributed by atoms with Gasteiger partial charge in [0.25, 0.3) is 0 Å². The number of β-lactam (4-membered cyclic amide) rings is 2. The molecule has 1 saturated carbocycles. The molecule has 3 fully saturated rings. The number of carbonyl (C=O) groups is 6. The number of amides is 6. The molecule has 17 heteroatoms. The molecule has 6 atom stereocenters. The van der Waals surface area contributed by atoms with Gasteiger partial charge in [0, 0.05) is 30.8 Å². The fraction of sp³-hybridized carbons (Fsp3) is 0.432. The molecule has 2 saturated heterocycles. The predicted octanol–water partition coefficient (Wildman–Crippen LogP) is 2.23. The summed E-state index contributed by atoms with van der Waals surface area (Å²) >= 11 is 0. The van der Waals surface area contributed by atoms with E-state index in [0.29, 0.717) is 36.8 Å². The maximum absolute atomic E-state index is 13.7. The zero-order valence-corrected chi connectivity index (χ0v) is 29.8. The Kier molecular flexibility index (Phi) is 11.0. The number of carboxylic acid groups (broad SMARTS) is 1. The van der Waals surface area contributed by atoms with Crippen molar-refractivity contribution in [3.05, 3.63) is 77.9 Å². The number of nitrogens with two attached hydrogens (primary N) is 2. The third-order valence-electron chi connectivity index (χ3n) is 10.5. The maximum atomic E-state index is 13.7. The lowest BCUT2D eigenvalue weighted by Crippen LogP contribution is -2.69. The Morgan fingerprint density at radius 3 is 1.93 bits per heavy atom. The van der Waals surface area contributed by atoms with Crippen molar-refractivity contribution in [3.63, 3.8) is 0 Å². The van der Waals surface area contributed by atoms with E-state index in [9.17, 15) is 33.9 Å². The molecule has 284 valence electrons. The van der Waals surface area contributed by atoms with E-state index < -0.39 is 77.9 Å². The predicted molar refractivity (Wildman–Crippen MR) is 192 cm³/mol. The smallest absolute Gasteiger partial charge is 0.330 e. The summed E-state index contributed by atoms with van der Waals surface area (Å²) in [4.78, 5) is 92.4. The number of carbonyl (C=O) groups excluding carboxylic acids is 5. The van der Waals surface area contributed by atoms with Crippen LogP contribution >= 0.6 is 0 Å². The number of esters is 1. The highest BCUT2D eigenvalue weighted by Gasteiger charge is 2.56. The number of nitrogen functional groups attached to an aromatic ring is 2. The average molecular weight is 742 g/mol. The number of nitrogens with zero attached hydrogens (tertiary/aromatic N) is 5. The number of imide groups is 2. The summed E-state index contributed by atoms with van der Waals surface area (Å²) in [5, 5.41) is 15.4. The summed E-state index contributed by atoms with van der Waals surface area (Å²) in [5.41, 5.74) is 13.6. The number of pyridine rings is 3. The number of hydrogen-bond acceptors (Lipinski definition) is 12. The van der Waals surface area contributed by atoms with Gasteiger partial charge in [0.2, 0.25) is 11.8 Å². The van der Waals surface area contributed by atoms with Crippen LogP contribution in [0.4, 0.5) is 21.2 Å². The SMILES string of the molecule is CC(NC(=O)N1C(=O)[C@H](Cc2ccnc(N)c2)[C@H]1C(=O)OC1CCC([C@@H](C)NC(=O)N2C(=O)[C@H](Cc3ccnc(N)c3)[C@H]2C(=O)O)CC1)c1cccnc1. The van der Waals surface area contributed by atoms with Crippen molar-refractivity contribution in [3.8, 4) is 0 Å². The topological polar surface area (TPSA) is 253 Å². The van der Waals surface area contributed by atoms with E-state index in [1.54, 1.807) is 62.6 Å². The van der Waals surface area contributed by atoms with Crippen LogP contribution in [0.3, 0.4) is 0 Å². The van der Waals surface area contributed by atoms with Crippen LogP contribution in [0.2, 0.25) is 0 Å². The van der Waals surface area contributed by atoms with Crippen LogP contribution in [-0.4, -0.2) is 89.9 Å². The second kappa shape index (κ2) is 15.9. The molecule has 2 aliphatic heterocycles. The molecule has 5 heterocycles. The Morgan fingerprint density at radius 2 is 1.39 bits per heavy atom. The summed E-state index contributed by atoms with van der Waals surface area (Å²) in [5.74, 6) is -4.42. The molecule has 7 N–H and O–H groups in total. The van der Waals surface area contributed by atoms with Crippen molar-refractivity contribution in [2.75, 3.05) is 11.5 Å². The van der Waals surface area contributed by atoms with Crippen LogP contribution in [-0.2, 0) is 36.8 Å². The molecule has 54 heavy (non-hydrogen) atoms. The van der Waals surface area contributed by atoms with Crippen LogP contribution in [0.1, 0.15) is 62.3 Å². The number of likely N-dealkylation sites (tertiary alicyclic amines) is 2. The number of ether oxygens (including phenoxy) is 1. The van der Waals surface area contributed by atoms with Gasteiger partial charge in [-0.15, -0.1) is 0 Å². The third kappa shape index (κ3) is 7.94. The number of aromatic nitrogens is 3. The van der Waals surface area contributed by atoms with Gasteiger partial charge in [-0.3, -0.25) is 14.6 Å². The second-order valence-corrected chi connectivity index (χ2v) is 14.1. The van der Waals surface area contributed by atoms with E-state index in [0.717, 1.165) is 15.4 Å². The molecule has 6 amide bonds. The largest absolute Gasteiger partial charge is 0.480 e. The van der Waals surface area contributed by atoms with Gasteiger partial charge in [0.15, 0.2) is 12.1 Å². The normalized spacial score (nSPS) is 24.7. The van der Waals surface area contributed by atoms with E-state index in [4.69, 9.17) is 16.2 Å². The van der Waals surface area contributed by atoms with Gasteiger partial charge in [0.1, 0.15) is 17.7 Å². The fourth-order valence-corrected chi connectivity index (χ4v) is 7.54. The summed E-state index contributed by atoms with van der Waals surface area (Å²) in [6, 6.07) is 5.11. The zero-order valence-electron chi connectivity index (χ0n) is 29.8. The lowest BCUT2D eigenvalue weighted by molar-refractivity contribution is -0.174. The molecular weight excluding hydrogens is 698 g/mol. The Morgan fingerprint density at radius 1 is 0.833 bits per heavy atom. The van der Waals surface area contributed by atoms with Gasteiger partial charge in [-0.05, 0) is 105 Å². The van der Waals surface area contributed by atoms with Crippen molar-refractivity contribution in [1.29, 1.82) is 0 Å². The van der Waals surface area contributed by atoms with Gasteiger partial charge in [-0.25, -0.2) is 38.9 Å².